The molecular formula is C21H22N2O2. The van der Waals surface area contributed by atoms with Crippen molar-refractivity contribution in [1.29, 1.82) is 0 Å². The van der Waals surface area contributed by atoms with Gasteiger partial charge in [0.05, 0.1) is 5.69 Å². The number of fused-ring (bicyclic) bond motifs is 3. The van der Waals surface area contributed by atoms with Crippen LogP contribution in [-0.4, -0.2) is 14.5 Å². The summed E-state index contributed by atoms with van der Waals surface area (Å²) in [7, 11) is 0. The number of rotatable bonds is 2. The SMILES string of the molecule is Cc1nc2c3c(ccn2c1C)[C@](O)(C1CC1)C[C@H](c1ccccc1)O3. The number of hydrogen-bond acceptors (Lipinski definition) is 3. The van der Waals surface area contributed by atoms with E-state index in [0.717, 1.165) is 46.8 Å². The highest BCUT2D eigenvalue weighted by Gasteiger charge is 2.51. The number of pyridine rings is 1. The van der Waals surface area contributed by atoms with Crippen LogP contribution >= 0.6 is 0 Å². The van der Waals surface area contributed by atoms with Gasteiger partial charge in [0, 0.05) is 23.9 Å². The predicted molar refractivity (Wildman–Crippen MR) is 95.7 cm³/mol. The third-order valence-corrected chi connectivity index (χ3v) is 5.87. The molecule has 4 nitrogen and oxygen atoms in total. The third kappa shape index (κ3) is 2.13. The first-order chi connectivity index (χ1) is 12.1. The largest absolute Gasteiger partial charge is 0.481 e. The molecule has 1 saturated carbocycles. The van der Waals surface area contributed by atoms with Crippen LogP contribution in [0.5, 0.6) is 5.75 Å². The second kappa shape index (κ2) is 5.09. The molecule has 1 N–H and O–H groups in total. The van der Waals surface area contributed by atoms with Crippen LogP contribution in [0.3, 0.4) is 0 Å². The van der Waals surface area contributed by atoms with E-state index in [4.69, 9.17) is 9.72 Å². The summed E-state index contributed by atoms with van der Waals surface area (Å²) in [6.07, 6.45) is 4.62. The summed E-state index contributed by atoms with van der Waals surface area (Å²) in [5, 5.41) is 11.6. The molecule has 1 aromatic carbocycles. The predicted octanol–water partition coefficient (Wildman–Crippen LogP) is 4.07. The van der Waals surface area contributed by atoms with Crippen molar-refractivity contribution in [3.63, 3.8) is 0 Å². The molecule has 128 valence electrons. The summed E-state index contributed by atoms with van der Waals surface area (Å²) in [6, 6.07) is 12.2. The van der Waals surface area contributed by atoms with Crippen LogP contribution in [0.15, 0.2) is 42.6 Å². The summed E-state index contributed by atoms with van der Waals surface area (Å²) in [5.74, 6) is 1.06. The van der Waals surface area contributed by atoms with Crippen LogP contribution in [0, 0.1) is 19.8 Å². The van der Waals surface area contributed by atoms with E-state index < -0.39 is 5.60 Å². The lowest BCUT2D eigenvalue weighted by Crippen LogP contribution is -2.37. The molecule has 0 radical (unpaired) electrons. The van der Waals surface area contributed by atoms with Gasteiger partial charge in [-0.05, 0) is 44.2 Å². The number of hydrogen-bond donors (Lipinski definition) is 1. The maximum Gasteiger partial charge on any atom is 0.180 e. The Hall–Kier alpha value is -2.33. The van der Waals surface area contributed by atoms with Crippen LogP contribution in [0.25, 0.3) is 5.65 Å². The smallest absolute Gasteiger partial charge is 0.180 e. The van der Waals surface area contributed by atoms with E-state index in [2.05, 4.69) is 23.5 Å². The van der Waals surface area contributed by atoms with E-state index in [1.54, 1.807) is 0 Å². The first-order valence-corrected chi connectivity index (χ1v) is 9.00. The maximum atomic E-state index is 11.6. The topological polar surface area (TPSA) is 46.8 Å². The molecule has 3 aromatic rings. The van der Waals surface area contributed by atoms with Gasteiger partial charge < -0.3 is 14.2 Å². The number of ether oxygens (including phenoxy) is 1. The lowest BCUT2D eigenvalue weighted by atomic mass is 9.80. The molecule has 1 aliphatic heterocycles. The van der Waals surface area contributed by atoms with Gasteiger partial charge in [-0.2, -0.15) is 0 Å². The fraction of sp³-hybridized carbons (Fsp3) is 0.381. The molecule has 3 heterocycles. The maximum absolute atomic E-state index is 11.6. The summed E-state index contributed by atoms with van der Waals surface area (Å²) in [4.78, 5) is 4.73. The zero-order chi connectivity index (χ0) is 17.2. The molecule has 25 heavy (non-hydrogen) atoms. The molecule has 5 rings (SSSR count). The van der Waals surface area contributed by atoms with E-state index >= 15 is 0 Å². The van der Waals surface area contributed by atoms with Crippen molar-refractivity contribution in [2.75, 3.05) is 0 Å². The molecule has 0 amide bonds. The average Bonchev–Trinajstić information content (AvgIpc) is 3.44. The Balaban J connectivity index is 1.73. The van der Waals surface area contributed by atoms with Crippen molar-refractivity contribution in [2.45, 2.75) is 44.8 Å². The molecule has 1 fully saturated rings. The van der Waals surface area contributed by atoms with Gasteiger partial charge in [-0.25, -0.2) is 4.98 Å². The van der Waals surface area contributed by atoms with Gasteiger partial charge in [0.25, 0.3) is 0 Å². The van der Waals surface area contributed by atoms with Crippen LogP contribution in [-0.2, 0) is 5.60 Å². The summed E-state index contributed by atoms with van der Waals surface area (Å²) >= 11 is 0. The van der Waals surface area contributed by atoms with Gasteiger partial charge in [-0.15, -0.1) is 0 Å². The highest BCUT2D eigenvalue weighted by Crippen LogP contribution is 2.56. The third-order valence-electron chi connectivity index (χ3n) is 5.87. The zero-order valence-corrected chi connectivity index (χ0v) is 14.6. The standard InChI is InChI=1S/C21H22N2O2/c1-13-14(2)23-11-10-17-19(20(23)22-13)25-18(15-6-4-3-5-7-15)12-21(17,24)16-8-9-16/h3-7,10-11,16,18,24H,8-9,12H2,1-2H3/t18-,21-/m1/s1. The number of aliphatic hydroxyl groups is 1. The first-order valence-electron chi connectivity index (χ1n) is 9.00. The minimum absolute atomic E-state index is 0.150. The van der Waals surface area contributed by atoms with Gasteiger partial charge in [-0.3, -0.25) is 0 Å². The zero-order valence-electron chi connectivity index (χ0n) is 14.6. The Morgan fingerprint density at radius 3 is 2.64 bits per heavy atom. The van der Waals surface area contributed by atoms with E-state index in [-0.39, 0.29) is 6.10 Å². The fourth-order valence-electron chi connectivity index (χ4n) is 4.15. The van der Waals surface area contributed by atoms with E-state index in [9.17, 15) is 5.11 Å². The molecule has 0 saturated heterocycles. The second-order valence-corrected chi connectivity index (χ2v) is 7.45. The number of aryl methyl sites for hydroxylation is 2. The van der Waals surface area contributed by atoms with Gasteiger partial charge in [0.2, 0.25) is 0 Å². The Labute approximate surface area is 147 Å². The number of imidazole rings is 1. The van der Waals surface area contributed by atoms with E-state index in [1.807, 2.05) is 37.4 Å². The average molecular weight is 334 g/mol. The molecular weight excluding hydrogens is 312 g/mol. The lowest BCUT2D eigenvalue weighted by Gasteiger charge is -2.39. The number of aromatic nitrogens is 2. The quantitative estimate of drug-likeness (QED) is 0.768. The Morgan fingerprint density at radius 1 is 1.16 bits per heavy atom. The minimum Gasteiger partial charge on any atom is -0.481 e. The highest BCUT2D eigenvalue weighted by molar-refractivity contribution is 5.63. The molecule has 0 unspecified atom stereocenters. The molecule has 2 aromatic heterocycles. The van der Waals surface area contributed by atoms with Crippen molar-refractivity contribution >= 4 is 5.65 Å². The Bertz CT molecular complexity index is 959. The summed E-state index contributed by atoms with van der Waals surface area (Å²) in [6.45, 7) is 4.08. The monoisotopic (exact) mass is 334 g/mol. The molecule has 0 spiro atoms. The number of nitrogens with zero attached hydrogens (tertiary/aromatic N) is 2. The normalized spacial score (nSPS) is 25.6. The van der Waals surface area contributed by atoms with Gasteiger partial charge in [0.1, 0.15) is 11.7 Å². The van der Waals surface area contributed by atoms with Crippen molar-refractivity contribution < 1.29 is 9.84 Å². The Morgan fingerprint density at radius 2 is 1.92 bits per heavy atom. The lowest BCUT2D eigenvalue weighted by molar-refractivity contribution is -0.0490. The van der Waals surface area contributed by atoms with Gasteiger partial charge >= 0.3 is 0 Å². The van der Waals surface area contributed by atoms with Crippen molar-refractivity contribution in [3.8, 4) is 5.75 Å². The van der Waals surface area contributed by atoms with Crippen molar-refractivity contribution in [3.05, 3.63) is 65.1 Å². The van der Waals surface area contributed by atoms with Crippen LogP contribution in [0.4, 0.5) is 0 Å². The molecule has 2 atom stereocenters. The first kappa shape index (κ1) is 15.0. The fourth-order valence-corrected chi connectivity index (χ4v) is 4.15. The van der Waals surface area contributed by atoms with Gasteiger partial charge in [0.15, 0.2) is 11.4 Å². The Kier molecular flexibility index (Phi) is 3.04. The van der Waals surface area contributed by atoms with Gasteiger partial charge in [-0.1, -0.05) is 30.3 Å². The molecule has 2 aliphatic rings. The molecule has 1 aliphatic carbocycles. The summed E-state index contributed by atoms with van der Waals surface area (Å²) in [5.41, 5.74) is 4.09. The van der Waals surface area contributed by atoms with Crippen LogP contribution < -0.4 is 4.74 Å². The van der Waals surface area contributed by atoms with E-state index in [0.29, 0.717) is 12.3 Å². The van der Waals surface area contributed by atoms with Crippen LogP contribution in [0.1, 0.15) is 47.9 Å². The summed E-state index contributed by atoms with van der Waals surface area (Å²) < 4.78 is 8.49. The molecule has 4 heteroatoms. The highest BCUT2D eigenvalue weighted by atomic mass is 16.5. The minimum atomic E-state index is -0.830. The number of benzene rings is 1. The second-order valence-electron chi connectivity index (χ2n) is 7.45. The van der Waals surface area contributed by atoms with Crippen LogP contribution in [0.2, 0.25) is 0 Å². The molecule has 0 bridgehead atoms. The van der Waals surface area contributed by atoms with Crippen molar-refractivity contribution in [1.82, 2.24) is 9.38 Å². The van der Waals surface area contributed by atoms with E-state index in [1.165, 1.54) is 0 Å². The van der Waals surface area contributed by atoms with Crippen molar-refractivity contribution in [2.24, 2.45) is 5.92 Å².